The summed E-state index contributed by atoms with van der Waals surface area (Å²) in [7, 11) is 1.93. The van der Waals surface area contributed by atoms with Crippen LogP contribution < -0.4 is 16.0 Å². The van der Waals surface area contributed by atoms with Crippen LogP contribution in [0.1, 0.15) is 18.5 Å². The lowest BCUT2D eigenvalue weighted by Gasteiger charge is -2.23. The van der Waals surface area contributed by atoms with Gasteiger partial charge in [-0.1, -0.05) is 0 Å². The molecule has 4 heteroatoms. The number of piperidine rings is 1. The van der Waals surface area contributed by atoms with Gasteiger partial charge in [0.2, 0.25) is 0 Å². The molecule has 0 amide bonds. The van der Waals surface area contributed by atoms with Crippen LogP contribution in [0.3, 0.4) is 0 Å². The Hall–Kier alpha value is -1.29. The maximum atomic E-state index is 4.29. The molecular formula is C13H22N4. The van der Waals surface area contributed by atoms with Gasteiger partial charge in [-0.25, -0.2) is 0 Å². The quantitative estimate of drug-likeness (QED) is 0.744. The van der Waals surface area contributed by atoms with Crippen molar-refractivity contribution in [1.29, 1.82) is 0 Å². The van der Waals surface area contributed by atoms with Gasteiger partial charge in [0.15, 0.2) is 0 Å². The first-order valence-corrected chi connectivity index (χ1v) is 6.38. The van der Waals surface area contributed by atoms with Crippen LogP contribution in [0, 0.1) is 12.8 Å². The molecule has 1 aromatic heterocycles. The highest BCUT2D eigenvalue weighted by Crippen LogP contribution is 2.22. The third-order valence-corrected chi connectivity index (χ3v) is 3.35. The van der Waals surface area contributed by atoms with Crippen molar-refractivity contribution in [3.63, 3.8) is 0 Å². The predicted molar refractivity (Wildman–Crippen MR) is 72.6 cm³/mol. The fourth-order valence-corrected chi connectivity index (χ4v) is 2.25. The number of aryl methyl sites for hydroxylation is 1. The van der Waals surface area contributed by atoms with Crippen LogP contribution in [0.25, 0.3) is 0 Å². The summed E-state index contributed by atoms with van der Waals surface area (Å²) >= 11 is 0. The van der Waals surface area contributed by atoms with Gasteiger partial charge in [0.25, 0.3) is 0 Å². The Morgan fingerprint density at radius 2 is 2.12 bits per heavy atom. The minimum Gasteiger partial charge on any atom is -0.385 e. The molecule has 0 atom stereocenters. The van der Waals surface area contributed by atoms with Crippen LogP contribution in [0.4, 0.5) is 11.4 Å². The van der Waals surface area contributed by atoms with Crippen molar-refractivity contribution in [3.05, 3.63) is 18.0 Å². The molecule has 94 valence electrons. The first-order chi connectivity index (χ1) is 8.29. The lowest BCUT2D eigenvalue weighted by molar-refractivity contribution is 0.390. The van der Waals surface area contributed by atoms with Gasteiger partial charge in [-0.3, -0.25) is 4.98 Å². The Bertz CT molecular complexity index is 358. The van der Waals surface area contributed by atoms with Crippen molar-refractivity contribution in [2.45, 2.75) is 19.8 Å². The van der Waals surface area contributed by atoms with Crippen molar-refractivity contribution >= 4 is 11.4 Å². The molecular weight excluding hydrogens is 212 g/mol. The molecule has 2 heterocycles. The fraction of sp³-hybridized carbons (Fsp3) is 0.615. The highest BCUT2D eigenvalue weighted by Gasteiger charge is 2.13. The van der Waals surface area contributed by atoms with E-state index < -0.39 is 0 Å². The lowest BCUT2D eigenvalue weighted by atomic mass is 9.98. The number of hydrogen-bond donors (Lipinski definition) is 3. The van der Waals surface area contributed by atoms with Gasteiger partial charge in [0.05, 0.1) is 17.6 Å². The predicted octanol–water partition coefficient (Wildman–Crippen LogP) is 1.84. The maximum Gasteiger partial charge on any atom is 0.0760 e. The summed E-state index contributed by atoms with van der Waals surface area (Å²) in [5.74, 6) is 0.787. The van der Waals surface area contributed by atoms with E-state index in [1.54, 1.807) is 0 Å². The van der Waals surface area contributed by atoms with E-state index in [2.05, 4.69) is 27.0 Å². The Kier molecular flexibility index (Phi) is 4.20. The summed E-state index contributed by atoms with van der Waals surface area (Å²) in [6.07, 6.45) is 4.43. The van der Waals surface area contributed by atoms with Gasteiger partial charge in [-0.2, -0.15) is 0 Å². The summed E-state index contributed by atoms with van der Waals surface area (Å²) in [6.45, 7) is 5.39. The Labute approximate surface area is 103 Å². The molecule has 1 fully saturated rings. The smallest absolute Gasteiger partial charge is 0.0760 e. The number of aromatic nitrogens is 1. The monoisotopic (exact) mass is 234 g/mol. The van der Waals surface area contributed by atoms with Gasteiger partial charge in [0.1, 0.15) is 0 Å². The Morgan fingerprint density at radius 1 is 1.35 bits per heavy atom. The van der Waals surface area contributed by atoms with E-state index in [9.17, 15) is 0 Å². The van der Waals surface area contributed by atoms with Crippen molar-refractivity contribution in [1.82, 2.24) is 10.3 Å². The molecule has 4 nitrogen and oxygen atoms in total. The molecule has 1 aliphatic rings. The standard InChI is InChI=1S/C13H22N4/c1-10-7-12(13(14-2)9-16-10)17-8-11-3-5-15-6-4-11/h7,9,11,14-15H,3-6,8H2,1-2H3,(H,16,17). The zero-order valence-electron chi connectivity index (χ0n) is 10.7. The SMILES string of the molecule is CNc1cnc(C)cc1NCC1CCNCC1. The molecule has 1 aromatic rings. The normalized spacial score (nSPS) is 16.8. The second kappa shape index (κ2) is 5.87. The number of nitrogens with one attached hydrogen (secondary N) is 3. The van der Waals surface area contributed by atoms with E-state index in [-0.39, 0.29) is 0 Å². The topological polar surface area (TPSA) is 49.0 Å². The Morgan fingerprint density at radius 3 is 2.82 bits per heavy atom. The molecule has 0 aliphatic carbocycles. The summed E-state index contributed by atoms with van der Waals surface area (Å²) in [6, 6.07) is 2.10. The Balaban J connectivity index is 1.95. The number of hydrogen-bond acceptors (Lipinski definition) is 4. The molecule has 0 radical (unpaired) electrons. The molecule has 0 aromatic carbocycles. The second-order valence-corrected chi connectivity index (χ2v) is 4.70. The van der Waals surface area contributed by atoms with Gasteiger partial charge in [0, 0.05) is 19.3 Å². The van der Waals surface area contributed by atoms with Crippen molar-refractivity contribution in [3.8, 4) is 0 Å². The summed E-state index contributed by atoms with van der Waals surface area (Å²) < 4.78 is 0. The zero-order valence-corrected chi connectivity index (χ0v) is 10.7. The maximum absolute atomic E-state index is 4.29. The molecule has 1 aliphatic heterocycles. The minimum absolute atomic E-state index is 0.787. The van der Waals surface area contributed by atoms with E-state index in [4.69, 9.17) is 0 Å². The van der Waals surface area contributed by atoms with Crippen molar-refractivity contribution in [2.75, 3.05) is 37.3 Å². The third kappa shape index (κ3) is 3.33. The van der Waals surface area contributed by atoms with E-state index >= 15 is 0 Å². The van der Waals surface area contributed by atoms with E-state index in [0.29, 0.717) is 0 Å². The fourth-order valence-electron chi connectivity index (χ4n) is 2.25. The highest BCUT2D eigenvalue weighted by molar-refractivity contribution is 5.67. The molecule has 0 saturated carbocycles. The van der Waals surface area contributed by atoms with Crippen LogP contribution in [-0.4, -0.2) is 31.7 Å². The van der Waals surface area contributed by atoms with Crippen LogP contribution >= 0.6 is 0 Å². The molecule has 2 rings (SSSR count). The van der Waals surface area contributed by atoms with E-state index in [1.165, 1.54) is 18.5 Å². The molecule has 17 heavy (non-hydrogen) atoms. The van der Waals surface area contributed by atoms with Gasteiger partial charge in [-0.15, -0.1) is 0 Å². The van der Waals surface area contributed by atoms with Crippen LogP contribution in [0.15, 0.2) is 12.3 Å². The van der Waals surface area contributed by atoms with Gasteiger partial charge < -0.3 is 16.0 Å². The van der Waals surface area contributed by atoms with Gasteiger partial charge >= 0.3 is 0 Å². The molecule has 0 spiro atoms. The highest BCUT2D eigenvalue weighted by atomic mass is 15.0. The molecule has 0 unspecified atom stereocenters. The number of nitrogens with zero attached hydrogens (tertiary/aromatic N) is 1. The number of pyridine rings is 1. The van der Waals surface area contributed by atoms with Crippen molar-refractivity contribution in [2.24, 2.45) is 5.92 Å². The second-order valence-electron chi connectivity index (χ2n) is 4.70. The third-order valence-electron chi connectivity index (χ3n) is 3.35. The minimum atomic E-state index is 0.787. The molecule has 1 saturated heterocycles. The first-order valence-electron chi connectivity index (χ1n) is 6.38. The lowest BCUT2D eigenvalue weighted by Crippen LogP contribution is -2.31. The summed E-state index contributed by atoms with van der Waals surface area (Å²) in [5, 5.41) is 10.1. The number of anilines is 2. The average Bonchev–Trinajstić information content (AvgIpc) is 2.38. The average molecular weight is 234 g/mol. The van der Waals surface area contributed by atoms with Gasteiger partial charge in [-0.05, 0) is 44.8 Å². The first kappa shape index (κ1) is 12.2. The summed E-state index contributed by atoms with van der Waals surface area (Å²) in [5.41, 5.74) is 3.29. The molecule has 3 N–H and O–H groups in total. The van der Waals surface area contributed by atoms with E-state index in [0.717, 1.165) is 36.9 Å². The number of rotatable bonds is 4. The largest absolute Gasteiger partial charge is 0.385 e. The van der Waals surface area contributed by atoms with Crippen molar-refractivity contribution < 1.29 is 0 Å². The van der Waals surface area contributed by atoms with E-state index in [1.807, 2.05) is 20.2 Å². The zero-order chi connectivity index (χ0) is 12.1. The van der Waals surface area contributed by atoms with Crippen LogP contribution in [0.5, 0.6) is 0 Å². The van der Waals surface area contributed by atoms with Crippen LogP contribution in [-0.2, 0) is 0 Å². The van der Waals surface area contributed by atoms with Crippen LogP contribution in [0.2, 0.25) is 0 Å². The molecule has 0 bridgehead atoms. The summed E-state index contributed by atoms with van der Waals surface area (Å²) in [4.78, 5) is 4.29.